The van der Waals surface area contributed by atoms with Gasteiger partial charge in [-0.2, -0.15) is 0 Å². The van der Waals surface area contributed by atoms with Gasteiger partial charge in [-0.15, -0.1) is 0 Å². The van der Waals surface area contributed by atoms with E-state index in [4.69, 9.17) is 47.0 Å². The molecule has 116 valence electrons. The second kappa shape index (κ2) is 6.83. The van der Waals surface area contributed by atoms with Crippen LogP contribution >= 0.6 is 58.8 Å². The highest BCUT2D eigenvalue weighted by Gasteiger charge is 2.33. The summed E-state index contributed by atoms with van der Waals surface area (Å²) in [5, 5.41) is 1.62. The lowest BCUT2D eigenvalue weighted by Gasteiger charge is -2.14. The molecule has 0 bridgehead atoms. The molecule has 3 rings (SSSR count). The van der Waals surface area contributed by atoms with Gasteiger partial charge in [0.1, 0.15) is 0 Å². The van der Waals surface area contributed by atoms with Gasteiger partial charge in [0.25, 0.3) is 5.91 Å². The number of rotatable bonds is 2. The summed E-state index contributed by atoms with van der Waals surface area (Å²) in [4.78, 5) is 14.6. The molecule has 0 aromatic heterocycles. The van der Waals surface area contributed by atoms with E-state index in [1.807, 2.05) is 0 Å². The van der Waals surface area contributed by atoms with E-state index in [0.29, 0.717) is 35.5 Å². The molecule has 0 saturated carbocycles. The van der Waals surface area contributed by atoms with E-state index in [9.17, 15) is 4.79 Å². The second-order valence-corrected chi connectivity index (χ2v) is 7.62. The Hall–Kier alpha value is -1.04. The molecule has 23 heavy (non-hydrogen) atoms. The number of hydrogen-bond acceptors (Lipinski definition) is 3. The van der Waals surface area contributed by atoms with Crippen molar-refractivity contribution in [3.63, 3.8) is 0 Å². The summed E-state index contributed by atoms with van der Waals surface area (Å²) in [6.07, 6.45) is 1.72. The lowest BCUT2D eigenvalue weighted by Crippen LogP contribution is -2.27. The third-order valence-corrected chi connectivity index (χ3v) is 5.24. The molecule has 0 N–H and O–H groups in total. The number of carbonyl (C=O) groups is 1. The Kier molecular flexibility index (Phi) is 4.99. The first kappa shape index (κ1) is 16.8. The van der Waals surface area contributed by atoms with Crippen LogP contribution in [0.1, 0.15) is 5.56 Å². The molecule has 1 aliphatic rings. The summed E-state index contributed by atoms with van der Waals surface area (Å²) in [7, 11) is 0. The van der Waals surface area contributed by atoms with Crippen molar-refractivity contribution in [1.29, 1.82) is 0 Å². The third-order valence-electron chi connectivity index (χ3n) is 3.13. The standard InChI is InChI=1S/C16H8Cl3NOS2/c17-10-3-5-12(6-4-10)20-15(21)14(23-16(20)22)7-9-1-2-11(18)8-13(9)19/h1-8H. The van der Waals surface area contributed by atoms with Gasteiger partial charge in [0.15, 0.2) is 4.32 Å². The molecule has 1 amide bonds. The van der Waals surface area contributed by atoms with Crippen LogP contribution < -0.4 is 4.90 Å². The summed E-state index contributed by atoms with van der Waals surface area (Å²) in [6.45, 7) is 0. The first-order valence-electron chi connectivity index (χ1n) is 6.44. The molecule has 0 atom stereocenters. The van der Waals surface area contributed by atoms with Crippen molar-refractivity contribution in [2.75, 3.05) is 4.90 Å². The molecule has 1 fully saturated rings. The lowest BCUT2D eigenvalue weighted by atomic mass is 10.2. The molecule has 0 aliphatic carbocycles. The maximum absolute atomic E-state index is 12.6. The number of thiocarbonyl (C=S) groups is 1. The fourth-order valence-electron chi connectivity index (χ4n) is 2.04. The van der Waals surface area contributed by atoms with Crippen molar-refractivity contribution < 1.29 is 4.79 Å². The van der Waals surface area contributed by atoms with Gasteiger partial charge in [0.2, 0.25) is 0 Å². The molecule has 1 saturated heterocycles. The SMILES string of the molecule is O=C1C(=Cc2ccc(Cl)cc2Cl)SC(=S)N1c1ccc(Cl)cc1. The van der Waals surface area contributed by atoms with Crippen LogP contribution in [0.15, 0.2) is 47.4 Å². The maximum Gasteiger partial charge on any atom is 0.270 e. The summed E-state index contributed by atoms with van der Waals surface area (Å²) in [5.74, 6) is -0.187. The molecule has 7 heteroatoms. The molecule has 0 radical (unpaired) electrons. The van der Waals surface area contributed by atoms with Crippen LogP contribution in [-0.4, -0.2) is 10.2 Å². The van der Waals surface area contributed by atoms with E-state index in [0.717, 1.165) is 0 Å². The zero-order chi connectivity index (χ0) is 16.6. The second-order valence-electron chi connectivity index (χ2n) is 4.66. The van der Waals surface area contributed by atoms with E-state index in [1.165, 1.54) is 16.7 Å². The van der Waals surface area contributed by atoms with Crippen LogP contribution in [0.4, 0.5) is 5.69 Å². The minimum atomic E-state index is -0.187. The molecule has 1 heterocycles. The Morgan fingerprint density at radius 1 is 1.00 bits per heavy atom. The number of carbonyl (C=O) groups excluding carboxylic acids is 1. The number of thioether (sulfide) groups is 1. The Balaban J connectivity index is 1.94. The van der Waals surface area contributed by atoms with Crippen LogP contribution in [0, 0.1) is 0 Å². The molecule has 0 spiro atoms. The van der Waals surface area contributed by atoms with Crippen molar-refractivity contribution in [3.8, 4) is 0 Å². The monoisotopic (exact) mass is 399 g/mol. The fraction of sp³-hybridized carbons (Fsp3) is 0. The lowest BCUT2D eigenvalue weighted by molar-refractivity contribution is -0.113. The van der Waals surface area contributed by atoms with Gasteiger partial charge >= 0.3 is 0 Å². The van der Waals surface area contributed by atoms with E-state index in [2.05, 4.69) is 0 Å². The predicted octanol–water partition coefficient (Wildman–Crippen LogP) is 6.05. The summed E-state index contributed by atoms with van der Waals surface area (Å²) in [6, 6.07) is 12.1. The maximum atomic E-state index is 12.6. The van der Waals surface area contributed by atoms with Crippen LogP contribution in [0.25, 0.3) is 6.08 Å². The van der Waals surface area contributed by atoms with Crippen molar-refractivity contribution in [2.24, 2.45) is 0 Å². The molecule has 2 aromatic carbocycles. The molecule has 2 nitrogen and oxygen atoms in total. The summed E-state index contributed by atoms with van der Waals surface area (Å²) >= 11 is 24.5. The van der Waals surface area contributed by atoms with Gasteiger partial charge in [-0.1, -0.05) is 64.8 Å². The number of amides is 1. The first-order valence-corrected chi connectivity index (χ1v) is 8.80. The average molecular weight is 401 g/mol. The predicted molar refractivity (Wildman–Crippen MR) is 104 cm³/mol. The van der Waals surface area contributed by atoms with E-state index < -0.39 is 0 Å². The van der Waals surface area contributed by atoms with E-state index >= 15 is 0 Å². The Morgan fingerprint density at radius 3 is 2.30 bits per heavy atom. The zero-order valence-electron chi connectivity index (χ0n) is 11.4. The number of hydrogen-bond donors (Lipinski definition) is 0. The normalized spacial score (nSPS) is 16.5. The molecular weight excluding hydrogens is 393 g/mol. The van der Waals surface area contributed by atoms with Crippen molar-refractivity contribution in [1.82, 2.24) is 0 Å². The molecular formula is C16H8Cl3NOS2. The molecule has 0 unspecified atom stereocenters. The van der Waals surface area contributed by atoms with Crippen molar-refractivity contribution in [3.05, 3.63) is 68.0 Å². The van der Waals surface area contributed by atoms with Gasteiger partial charge in [-0.3, -0.25) is 9.69 Å². The number of anilines is 1. The first-order chi connectivity index (χ1) is 11.0. The van der Waals surface area contributed by atoms with E-state index in [-0.39, 0.29) is 5.91 Å². The van der Waals surface area contributed by atoms with Crippen LogP contribution in [0.2, 0.25) is 15.1 Å². The smallest absolute Gasteiger partial charge is 0.268 e. The Morgan fingerprint density at radius 2 is 1.65 bits per heavy atom. The summed E-state index contributed by atoms with van der Waals surface area (Å²) in [5.41, 5.74) is 1.40. The molecule has 2 aromatic rings. The number of benzene rings is 2. The van der Waals surface area contributed by atoms with Crippen LogP contribution in [0.5, 0.6) is 0 Å². The van der Waals surface area contributed by atoms with Crippen molar-refractivity contribution >= 4 is 80.8 Å². The number of halogens is 3. The molecule has 1 aliphatic heterocycles. The van der Waals surface area contributed by atoms with Crippen LogP contribution in [-0.2, 0) is 4.79 Å². The third kappa shape index (κ3) is 3.57. The largest absolute Gasteiger partial charge is 0.270 e. The number of nitrogens with zero attached hydrogens (tertiary/aromatic N) is 1. The minimum Gasteiger partial charge on any atom is -0.268 e. The average Bonchev–Trinajstić information content (AvgIpc) is 2.78. The highest BCUT2D eigenvalue weighted by molar-refractivity contribution is 8.27. The Labute approximate surface area is 158 Å². The zero-order valence-corrected chi connectivity index (χ0v) is 15.3. The van der Waals surface area contributed by atoms with Gasteiger partial charge in [-0.05, 0) is 48.0 Å². The van der Waals surface area contributed by atoms with Crippen LogP contribution in [0.3, 0.4) is 0 Å². The minimum absolute atomic E-state index is 0.187. The quantitative estimate of drug-likeness (QED) is 0.452. The fourth-order valence-corrected chi connectivity index (χ4v) is 3.92. The van der Waals surface area contributed by atoms with Gasteiger partial charge in [0.05, 0.1) is 10.6 Å². The summed E-state index contributed by atoms with van der Waals surface area (Å²) < 4.78 is 0.466. The van der Waals surface area contributed by atoms with Gasteiger partial charge in [-0.25, -0.2) is 0 Å². The highest BCUT2D eigenvalue weighted by Crippen LogP contribution is 2.37. The van der Waals surface area contributed by atoms with Gasteiger partial charge < -0.3 is 0 Å². The van der Waals surface area contributed by atoms with E-state index in [1.54, 1.807) is 48.5 Å². The van der Waals surface area contributed by atoms with Gasteiger partial charge in [0, 0.05) is 15.1 Å². The Bertz CT molecular complexity index is 834. The highest BCUT2D eigenvalue weighted by atomic mass is 35.5. The topological polar surface area (TPSA) is 20.3 Å². The van der Waals surface area contributed by atoms with Crippen molar-refractivity contribution in [2.45, 2.75) is 0 Å².